The topological polar surface area (TPSA) is 75.9 Å². The van der Waals surface area contributed by atoms with Gasteiger partial charge in [-0.2, -0.15) is 0 Å². The highest BCUT2D eigenvalue weighted by molar-refractivity contribution is 5.90. The molecule has 0 bridgehead atoms. The molecule has 0 radical (unpaired) electrons. The fourth-order valence-corrected chi connectivity index (χ4v) is 2.28. The third-order valence-corrected chi connectivity index (χ3v) is 3.56. The van der Waals surface area contributed by atoms with Gasteiger partial charge >= 0.3 is 5.97 Å². The first-order valence-corrected chi connectivity index (χ1v) is 8.08. The molecule has 0 atom stereocenters. The summed E-state index contributed by atoms with van der Waals surface area (Å²) in [6.45, 7) is 4.37. The van der Waals surface area contributed by atoms with Crippen molar-refractivity contribution in [1.82, 2.24) is 10.6 Å². The summed E-state index contributed by atoms with van der Waals surface area (Å²) in [5, 5.41) is 6.02. The predicted molar refractivity (Wildman–Crippen MR) is 92.8 cm³/mol. The highest BCUT2D eigenvalue weighted by atomic mass is 19.1. The average Bonchev–Trinajstić information content (AvgIpc) is 3.00. The van der Waals surface area contributed by atoms with Crippen LogP contribution in [0.15, 0.2) is 33.7 Å². The van der Waals surface area contributed by atoms with Crippen LogP contribution in [0.1, 0.15) is 34.4 Å². The van der Waals surface area contributed by atoms with Crippen molar-refractivity contribution in [2.75, 3.05) is 13.7 Å². The monoisotopic (exact) mass is 365 g/mol. The van der Waals surface area contributed by atoms with E-state index in [1.165, 1.54) is 7.11 Å². The molecule has 0 saturated heterocycles. The maximum Gasteiger partial charge on any atom is 0.341 e. The molecule has 0 spiro atoms. The number of aliphatic imine (C=N–C) groups is 1. The third kappa shape index (κ3) is 5.05. The zero-order valence-electron chi connectivity index (χ0n) is 14.9. The van der Waals surface area contributed by atoms with Crippen molar-refractivity contribution < 1.29 is 22.7 Å². The van der Waals surface area contributed by atoms with E-state index < -0.39 is 17.6 Å². The number of esters is 1. The van der Waals surface area contributed by atoms with E-state index in [1.807, 2.05) is 6.92 Å². The fourth-order valence-electron chi connectivity index (χ4n) is 2.28. The maximum absolute atomic E-state index is 13.7. The van der Waals surface area contributed by atoms with E-state index in [4.69, 9.17) is 4.42 Å². The third-order valence-electron chi connectivity index (χ3n) is 3.56. The first-order chi connectivity index (χ1) is 12.4. The molecule has 1 aromatic heterocycles. The minimum absolute atomic E-state index is 0.0243. The smallest absolute Gasteiger partial charge is 0.341 e. The molecule has 6 nitrogen and oxygen atoms in total. The lowest BCUT2D eigenvalue weighted by atomic mass is 10.2. The minimum atomic E-state index is -0.518. The van der Waals surface area contributed by atoms with Gasteiger partial charge in [0.25, 0.3) is 0 Å². The lowest BCUT2D eigenvalue weighted by molar-refractivity contribution is 0.0599. The van der Waals surface area contributed by atoms with E-state index in [9.17, 15) is 13.6 Å². The number of benzene rings is 1. The standard InChI is InChI=1S/C18H21F2N3O3/c1-4-21-18(22-9-12-7-13(19)5-6-16(12)20)23-10-14-8-15(11(2)26-14)17(24)25-3/h5-8H,4,9-10H2,1-3H3,(H2,21,22,23). The number of hydrogen-bond acceptors (Lipinski definition) is 4. The Morgan fingerprint density at radius 3 is 2.73 bits per heavy atom. The molecule has 0 unspecified atom stereocenters. The number of guanidine groups is 1. The van der Waals surface area contributed by atoms with Crippen molar-refractivity contribution in [3.63, 3.8) is 0 Å². The molecule has 2 N–H and O–H groups in total. The molecule has 1 aromatic carbocycles. The maximum atomic E-state index is 13.7. The first kappa shape index (κ1) is 19.4. The summed E-state index contributed by atoms with van der Waals surface area (Å²) >= 11 is 0. The second-order valence-electron chi connectivity index (χ2n) is 5.46. The normalized spacial score (nSPS) is 11.3. The highest BCUT2D eigenvalue weighted by Crippen LogP contribution is 2.15. The van der Waals surface area contributed by atoms with E-state index >= 15 is 0 Å². The summed E-state index contributed by atoms with van der Waals surface area (Å²) in [4.78, 5) is 15.8. The van der Waals surface area contributed by atoms with Crippen LogP contribution < -0.4 is 10.6 Å². The van der Waals surface area contributed by atoms with Crippen molar-refractivity contribution in [2.45, 2.75) is 26.9 Å². The van der Waals surface area contributed by atoms with E-state index in [2.05, 4.69) is 20.4 Å². The number of nitrogens with one attached hydrogen (secondary N) is 2. The molecule has 8 heteroatoms. The molecule has 26 heavy (non-hydrogen) atoms. The fraction of sp³-hybridized carbons (Fsp3) is 0.333. The number of rotatable bonds is 6. The number of ether oxygens (including phenoxy) is 1. The Morgan fingerprint density at radius 2 is 2.04 bits per heavy atom. The van der Waals surface area contributed by atoms with Gasteiger partial charge in [-0.1, -0.05) is 0 Å². The zero-order chi connectivity index (χ0) is 19.1. The lowest BCUT2D eigenvalue weighted by Gasteiger charge is -2.10. The van der Waals surface area contributed by atoms with Gasteiger partial charge in [0.2, 0.25) is 0 Å². The van der Waals surface area contributed by atoms with Gasteiger partial charge in [0.05, 0.1) is 20.2 Å². The molecule has 140 valence electrons. The Bertz CT molecular complexity index is 803. The van der Waals surface area contributed by atoms with Crippen LogP contribution in [0.5, 0.6) is 0 Å². The van der Waals surface area contributed by atoms with Gasteiger partial charge < -0.3 is 19.8 Å². The van der Waals surface area contributed by atoms with E-state index in [0.29, 0.717) is 29.6 Å². The van der Waals surface area contributed by atoms with Gasteiger partial charge in [-0.05, 0) is 38.1 Å². The van der Waals surface area contributed by atoms with Crippen LogP contribution >= 0.6 is 0 Å². The lowest BCUT2D eigenvalue weighted by Crippen LogP contribution is -2.36. The molecule has 0 saturated carbocycles. The second-order valence-corrected chi connectivity index (χ2v) is 5.46. The Kier molecular flexibility index (Phi) is 6.71. The van der Waals surface area contributed by atoms with Crippen molar-refractivity contribution in [1.29, 1.82) is 0 Å². The Morgan fingerprint density at radius 1 is 1.27 bits per heavy atom. The Hall–Kier alpha value is -2.90. The predicted octanol–water partition coefficient (Wildman–Crippen LogP) is 2.91. The Balaban J connectivity index is 2.06. The van der Waals surface area contributed by atoms with Crippen LogP contribution in [-0.2, 0) is 17.8 Å². The number of methoxy groups -OCH3 is 1. The molecule has 0 amide bonds. The van der Waals surface area contributed by atoms with Crippen molar-refractivity contribution in [3.05, 3.63) is 58.5 Å². The quantitative estimate of drug-likeness (QED) is 0.468. The molecule has 0 fully saturated rings. The van der Waals surface area contributed by atoms with Gasteiger partial charge in [-0.3, -0.25) is 0 Å². The van der Waals surface area contributed by atoms with Crippen LogP contribution in [0.25, 0.3) is 0 Å². The van der Waals surface area contributed by atoms with E-state index in [0.717, 1.165) is 18.2 Å². The van der Waals surface area contributed by atoms with Crippen LogP contribution in [0, 0.1) is 18.6 Å². The van der Waals surface area contributed by atoms with Crippen molar-refractivity contribution in [3.8, 4) is 0 Å². The molecule has 2 aromatic rings. The first-order valence-electron chi connectivity index (χ1n) is 8.08. The summed E-state index contributed by atoms with van der Waals surface area (Å²) in [5.41, 5.74) is 0.511. The molecular formula is C18H21F2N3O3. The van der Waals surface area contributed by atoms with Gasteiger partial charge in [0.1, 0.15) is 28.7 Å². The van der Waals surface area contributed by atoms with Crippen LogP contribution in [0.4, 0.5) is 8.78 Å². The number of carbonyl (C=O) groups is 1. The van der Waals surface area contributed by atoms with Crippen molar-refractivity contribution in [2.24, 2.45) is 4.99 Å². The molecular weight excluding hydrogens is 344 g/mol. The number of carbonyl (C=O) groups excluding carboxylic acids is 1. The summed E-state index contributed by atoms with van der Waals surface area (Å²) in [6.07, 6.45) is 0. The van der Waals surface area contributed by atoms with Crippen LogP contribution in [0.3, 0.4) is 0 Å². The average molecular weight is 365 g/mol. The highest BCUT2D eigenvalue weighted by Gasteiger charge is 2.15. The molecule has 2 rings (SSSR count). The number of hydrogen-bond donors (Lipinski definition) is 2. The van der Waals surface area contributed by atoms with E-state index in [1.54, 1.807) is 13.0 Å². The SMILES string of the molecule is CCNC(=NCc1cc(F)ccc1F)NCc1cc(C(=O)OC)c(C)o1. The second kappa shape index (κ2) is 8.98. The Labute approximate surface area is 150 Å². The number of nitrogens with zero attached hydrogens (tertiary/aromatic N) is 1. The minimum Gasteiger partial charge on any atom is -0.465 e. The molecule has 0 aliphatic carbocycles. The molecule has 0 aliphatic heterocycles. The number of halogens is 2. The molecule has 1 heterocycles. The number of furan rings is 1. The largest absolute Gasteiger partial charge is 0.465 e. The summed E-state index contributed by atoms with van der Waals surface area (Å²) in [7, 11) is 1.30. The summed E-state index contributed by atoms with van der Waals surface area (Å²) in [5.74, 6) is -0.126. The van der Waals surface area contributed by atoms with Gasteiger partial charge in [0.15, 0.2) is 5.96 Å². The van der Waals surface area contributed by atoms with E-state index in [-0.39, 0.29) is 18.7 Å². The molecule has 0 aliphatic rings. The van der Waals surface area contributed by atoms with Gasteiger partial charge in [-0.15, -0.1) is 0 Å². The zero-order valence-corrected chi connectivity index (χ0v) is 14.9. The van der Waals surface area contributed by atoms with Crippen LogP contribution in [0.2, 0.25) is 0 Å². The number of aryl methyl sites for hydroxylation is 1. The summed E-state index contributed by atoms with van der Waals surface area (Å²) in [6, 6.07) is 4.83. The van der Waals surface area contributed by atoms with Gasteiger partial charge in [-0.25, -0.2) is 18.6 Å². The van der Waals surface area contributed by atoms with Crippen LogP contribution in [-0.4, -0.2) is 25.6 Å². The summed E-state index contributed by atoms with van der Waals surface area (Å²) < 4.78 is 37.1. The van der Waals surface area contributed by atoms with Crippen molar-refractivity contribution >= 4 is 11.9 Å². The van der Waals surface area contributed by atoms with Gasteiger partial charge in [0, 0.05) is 12.1 Å².